The van der Waals surface area contributed by atoms with Gasteiger partial charge in [-0.3, -0.25) is 4.79 Å². The summed E-state index contributed by atoms with van der Waals surface area (Å²) in [5, 5.41) is 9.60. The van der Waals surface area contributed by atoms with Gasteiger partial charge in [-0.25, -0.2) is 4.98 Å². The molecule has 3 rings (SSSR count). The van der Waals surface area contributed by atoms with Crippen molar-refractivity contribution >= 4 is 40.0 Å². The SMILES string of the molecule is N#Cc1ccc(N(Cc2ccccc2)c2nc(C=O)c(Cl)s2)cc1. The standard InChI is InChI=1S/C18H12ClN3OS/c19-17-16(12-23)21-18(24-17)22(11-14-4-2-1-3-5-14)15-8-6-13(10-20)7-9-15/h1-9,12H,11H2. The maximum Gasteiger partial charge on any atom is 0.192 e. The minimum Gasteiger partial charge on any atom is -0.313 e. The summed E-state index contributed by atoms with van der Waals surface area (Å²) in [6, 6.07) is 19.3. The number of carbonyl (C=O) groups excluding carboxylic acids is 1. The maximum atomic E-state index is 11.0. The summed E-state index contributed by atoms with van der Waals surface area (Å²) < 4.78 is 0.367. The van der Waals surface area contributed by atoms with Gasteiger partial charge in [-0.2, -0.15) is 5.26 Å². The first-order chi connectivity index (χ1) is 11.7. The molecule has 1 aromatic heterocycles. The molecule has 0 bridgehead atoms. The Morgan fingerprint density at radius 2 is 1.88 bits per heavy atom. The van der Waals surface area contributed by atoms with Crippen LogP contribution in [-0.4, -0.2) is 11.3 Å². The van der Waals surface area contributed by atoms with Crippen LogP contribution in [0.1, 0.15) is 21.6 Å². The Kier molecular flexibility index (Phi) is 4.90. The van der Waals surface area contributed by atoms with Crippen molar-refractivity contribution < 1.29 is 4.79 Å². The first-order valence-electron chi connectivity index (χ1n) is 7.14. The predicted octanol–water partition coefficient (Wildman–Crippen LogP) is 4.82. The molecule has 0 spiro atoms. The molecule has 0 fully saturated rings. The maximum absolute atomic E-state index is 11.0. The number of nitrogens with zero attached hydrogens (tertiary/aromatic N) is 3. The van der Waals surface area contributed by atoms with Crippen LogP contribution < -0.4 is 4.90 Å². The zero-order valence-electron chi connectivity index (χ0n) is 12.5. The van der Waals surface area contributed by atoms with Gasteiger partial charge in [-0.1, -0.05) is 53.3 Å². The lowest BCUT2D eigenvalue weighted by Gasteiger charge is -2.22. The molecule has 0 saturated heterocycles. The highest BCUT2D eigenvalue weighted by atomic mass is 35.5. The number of thiazole rings is 1. The van der Waals surface area contributed by atoms with Crippen molar-refractivity contribution in [3.8, 4) is 6.07 Å². The lowest BCUT2D eigenvalue weighted by Crippen LogP contribution is -2.16. The van der Waals surface area contributed by atoms with Crippen molar-refractivity contribution in [3.05, 3.63) is 75.8 Å². The van der Waals surface area contributed by atoms with Gasteiger partial charge >= 0.3 is 0 Å². The summed E-state index contributed by atoms with van der Waals surface area (Å²) in [7, 11) is 0. The molecule has 0 radical (unpaired) electrons. The van der Waals surface area contributed by atoms with Crippen molar-refractivity contribution in [3.63, 3.8) is 0 Å². The fraction of sp³-hybridized carbons (Fsp3) is 0.0556. The van der Waals surface area contributed by atoms with Gasteiger partial charge in [0.1, 0.15) is 10.0 Å². The molecule has 4 nitrogen and oxygen atoms in total. The molecule has 0 amide bonds. The average Bonchev–Trinajstić information content (AvgIpc) is 3.01. The van der Waals surface area contributed by atoms with Crippen LogP contribution in [0.4, 0.5) is 10.8 Å². The second-order valence-corrected chi connectivity index (χ2v) is 6.58. The third kappa shape index (κ3) is 3.46. The van der Waals surface area contributed by atoms with Gasteiger partial charge in [0.25, 0.3) is 0 Å². The molecule has 3 aromatic rings. The lowest BCUT2D eigenvalue weighted by atomic mass is 10.2. The molecule has 2 aromatic carbocycles. The van der Waals surface area contributed by atoms with Crippen LogP contribution in [0.2, 0.25) is 4.34 Å². The minimum absolute atomic E-state index is 0.239. The van der Waals surface area contributed by atoms with E-state index in [-0.39, 0.29) is 5.69 Å². The van der Waals surface area contributed by atoms with Crippen LogP contribution in [0.3, 0.4) is 0 Å². The van der Waals surface area contributed by atoms with E-state index in [1.807, 2.05) is 47.4 Å². The van der Waals surface area contributed by atoms with Gasteiger partial charge < -0.3 is 4.90 Å². The zero-order valence-corrected chi connectivity index (χ0v) is 14.1. The van der Waals surface area contributed by atoms with Gasteiger partial charge in [0.2, 0.25) is 0 Å². The number of aldehydes is 1. The smallest absolute Gasteiger partial charge is 0.192 e. The van der Waals surface area contributed by atoms with Crippen molar-refractivity contribution in [2.45, 2.75) is 6.54 Å². The Morgan fingerprint density at radius 3 is 2.46 bits per heavy atom. The Labute approximate surface area is 148 Å². The van der Waals surface area contributed by atoms with Gasteiger partial charge in [-0.05, 0) is 29.8 Å². The van der Waals surface area contributed by atoms with Crippen molar-refractivity contribution in [2.75, 3.05) is 4.90 Å². The van der Waals surface area contributed by atoms with Crippen LogP contribution in [-0.2, 0) is 6.54 Å². The number of halogens is 1. The Bertz CT molecular complexity index is 885. The number of carbonyl (C=O) groups is 1. The number of benzene rings is 2. The second-order valence-electron chi connectivity index (χ2n) is 5.00. The Hall–Kier alpha value is -2.68. The summed E-state index contributed by atoms with van der Waals surface area (Å²) in [5.41, 5.74) is 2.80. The minimum atomic E-state index is 0.239. The molecule has 0 aliphatic carbocycles. The molecule has 0 unspecified atom stereocenters. The fourth-order valence-electron chi connectivity index (χ4n) is 2.24. The van der Waals surface area contributed by atoms with Gasteiger partial charge in [0.15, 0.2) is 11.4 Å². The molecule has 0 atom stereocenters. The molecule has 6 heteroatoms. The number of aromatic nitrogens is 1. The number of nitriles is 1. The normalized spacial score (nSPS) is 10.2. The van der Waals surface area contributed by atoms with Crippen LogP contribution >= 0.6 is 22.9 Å². The largest absolute Gasteiger partial charge is 0.313 e. The van der Waals surface area contributed by atoms with E-state index in [0.29, 0.717) is 27.9 Å². The number of anilines is 2. The Morgan fingerprint density at radius 1 is 1.17 bits per heavy atom. The molecule has 0 aliphatic heterocycles. The molecule has 0 aliphatic rings. The first-order valence-corrected chi connectivity index (χ1v) is 8.34. The van der Waals surface area contributed by atoms with Crippen LogP contribution in [0.5, 0.6) is 0 Å². The van der Waals surface area contributed by atoms with E-state index in [0.717, 1.165) is 11.3 Å². The van der Waals surface area contributed by atoms with Crippen LogP contribution in [0.25, 0.3) is 0 Å². The van der Waals surface area contributed by atoms with E-state index in [4.69, 9.17) is 16.9 Å². The number of rotatable bonds is 5. The molecule has 0 saturated carbocycles. The monoisotopic (exact) mass is 353 g/mol. The van der Waals surface area contributed by atoms with E-state index >= 15 is 0 Å². The highest BCUT2D eigenvalue weighted by Crippen LogP contribution is 2.35. The third-order valence-corrected chi connectivity index (χ3v) is 4.74. The molecule has 0 N–H and O–H groups in total. The summed E-state index contributed by atoms with van der Waals surface area (Å²) >= 11 is 7.34. The third-order valence-electron chi connectivity index (χ3n) is 3.43. The topological polar surface area (TPSA) is 57.0 Å². The summed E-state index contributed by atoms with van der Waals surface area (Å²) in [5.74, 6) is 0. The lowest BCUT2D eigenvalue weighted by molar-refractivity contribution is 0.112. The first kappa shape index (κ1) is 16.2. The molecule has 1 heterocycles. The summed E-state index contributed by atoms with van der Waals surface area (Å²) in [4.78, 5) is 17.3. The second kappa shape index (κ2) is 7.26. The van der Waals surface area contributed by atoms with E-state index in [9.17, 15) is 4.79 Å². The van der Waals surface area contributed by atoms with Crippen molar-refractivity contribution in [1.82, 2.24) is 4.98 Å². The molecular weight excluding hydrogens is 342 g/mol. The summed E-state index contributed by atoms with van der Waals surface area (Å²) in [6.07, 6.45) is 0.655. The fourth-order valence-corrected chi connectivity index (χ4v) is 3.32. The average molecular weight is 354 g/mol. The highest BCUT2D eigenvalue weighted by molar-refractivity contribution is 7.19. The van der Waals surface area contributed by atoms with E-state index in [1.165, 1.54) is 11.3 Å². The molecular formula is C18H12ClN3OS. The molecule has 118 valence electrons. The number of hydrogen-bond acceptors (Lipinski definition) is 5. The van der Waals surface area contributed by atoms with Gasteiger partial charge in [0, 0.05) is 5.69 Å². The zero-order chi connectivity index (χ0) is 16.9. The van der Waals surface area contributed by atoms with E-state index < -0.39 is 0 Å². The number of hydrogen-bond donors (Lipinski definition) is 0. The van der Waals surface area contributed by atoms with Crippen molar-refractivity contribution in [2.24, 2.45) is 0 Å². The van der Waals surface area contributed by atoms with Crippen LogP contribution in [0, 0.1) is 11.3 Å². The van der Waals surface area contributed by atoms with Gasteiger partial charge in [0.05, 0.1) is 18.2 Å². The predicted molar refractivity (Wildman–Crippen MR) is 96.0 cm³/mol. The van der Waals surface area contributed by atoms with Crippen molar-refractivity contribution in [1.29, 1.82) is 5.26 Å². The summed E-state index contributed by atoms with van der Waals surface area (Å²) in [6.45, 7) is 0.578. The Balaban J connectivity index is 2.02. The van der Waals surface area contributed by atoms with E-state index in [1.54, 1.807) is 12.1 Å². The molecule has 24 heavy (non-hydrogen) atoms. The van der Waals surface area contributed by atoms with Gasteiger partial charge in [-0.15, -0.1) is 0 Å². The quantitative estimate of drug-likeness (QED) is 0.617. The van der Waals surface area contributed by atoms with E-state index in [2.05, 4.69) is 11.1 Å². The van der Waals surface area contributed by atoms with Crippen LogP contribution in [0.15, 0.2) is 54.6 Å². The highest BCUT2D eigenvalue weighted by Gasteiger charge is 2.17.